The number of morpholine rings is 1. The Labute approximate surface area is 106 Å². The van der Waals surface area contributed by atoms with E-state index in [-0.39, 0.29) is 6.61 Å². The van der Waals surface area contributed by atoms with Crippen LogP contribution in [0.25, 0.3) is 0 Å². The fourth-order valence-electron chi connectivity index (χ4n) is 2.26. The van der Waals surface area contributed by atoms with Crippen molar-refractivity contribution in [2.24, 2.45) is 0 Å². The molecule has 0 amide bonds. The Morgan fingerprint density at radius 1 is 1.17 bits per heavy atom. The molecular formula is C13H17NO4. The van der Waals surface area contributed by atoms with Crippen LogP contribution in [-0.2, 0) is 4.74 Å². The lowest BCUT2D eigenvalue weighted by Gasteiger charge is -2.38. The standard InChI is InChI=1S/C13H17NO4/c15-13(9-14-5-7-16-8-6-14)10-17-11-3-1-2-4-12(11)18-13/h1-4,15H,5-10H2. The minimum absolute atomic E-state index is 0.154. The van der Waals surface area contributed by atoms with E-state index in [1.807, 2.05) is 18.2 Å². The van der Waals surface area contributed by atoms with Crippen LogP contribution in [0.4, 0.5) is 0 Å². The highest BCUT2D eigenvalue weighted by molar-refractivity contribution is 5.41. The molecule has 0 spiro atoms. The van der Waals surface area contributed by atoms with Crippen LogP contribution in [0.2, 0.25) is 0 Å². The molecule has 1 unspecified atom stereocenters. The monoisotopic (exact) mass is 251 g/mol. The van der Waals surface area contributed by atoms with Crippen LogP contribution in [0.5, 0.6) is 11.5 Å². The molecule has 18 heavy (non-hydrogen) atoms. The van der Waals surface area contributed by atoms with E-state index in [9.17, 15) is 5.11 Å². The maximum atomic E-state index is 10.4. The summed E-state index contributed by atoms with van der Waals surface area (Å²) in [6.45, 7) is 3.62. The zero-order chi connectivity index (χ0) is 12.4. The Hall–Kier alpha value is -1.30. The number of para-hydroxylation sites is 2. The average molecular weight is 251 g/mol. The molecule has 1 aromatic rings. The van der Waals surface area contributed by atoms with Crippen molar-refractivity contribution >= 4 is 0 Å². The fraction of sp³-hybridized carbons (Fsp3) is 0.538. The van der Waals surface area contributed by atoms with E-state index >= 15 is 0 Å². The van der Waals surface area contributed by atoms with Crippen LogP contribution in [0.15, 0.2) is 24.3 Å². The molecule has 5 nitrogen and oxygen atoms in total. The van der Waals surface area contributed by atoms with E-state index < -0.39 is 5.79 Å². The first-order chi connectivity index (χ1) is 8.75. The maximum Gasteiger partial charge on any atom is 0.255 e. The van der Waals surface area contributed by atoms with Crippen molar-refractivity contribution in [3.8, 4) is 11.5 Å². The van der Waals surface area contributed by atoms with Gasteiger partial charge < -0.3 is 19.3 Å². The van der Waals surface area contributed by atoms with Crippen molar-refractivity contribution < 1.29 is 19.3 Å². The van der Waals surface area contributed by atoms with Gasteiger partial charge in [-0.15, -0.1) is 0 Å². The van der Waals surface area contributed by atoms with Crippen molar-refractivity contribution in [3.63, 3.8) is 0 Å². The number of fused-ring (bicyclic) bond motifs is 1. The summed E-state index contributed by atoms with van der Waals surface area (Å²) in [6, 6.07) is 7.39. The molecule has 1 aromatic carbocycles. The van der Waals surface area contributed by atoms with E-state index in [0.29, 0.717) is 31.3 Å². The Morgan fingerprint density at radius 3 is 2.67 bits per heavy atom. The highest BCUT2D eigenvalue weighted by atomic mass is 16.7. The van der Waals surface area contributed by atoms with E-state index in [1.54, 1.807) is 6.07 Å². The molecule has 98 valence electrons. The molecule has 0 saturated carbocycles. The Kier molecular flexibility index (Phi) is 3.11. The molecule has 2 heterocycles. The van der Waals surface area contributed by atoms with Gasteiger partial charge in [0.1, 0.15) is 0 Å². The molecule has 1 saturated heterocycles. The first-order valence-electron chi connectivity index (χ1n) is 6.19. The number of hydrogen-bond donors (Lipinski definition) is 1. The Bertz CT molecular complexity index is 419. The number of rotatable bonds is 2. The van der Waals surface area contributed by atoms with Crippen molar-refractivity contribution in [1.82, 2.24) is 4.90 Å². The number of hydrogen-bond acceptors (Lipinski definition) is 5. The summed E-state index contributed by atoms with van der Waals surface area (Å²) in [7, 11) is 0. The fourth-order valence-corrected chi connectivity index (χ4v) is 2.26. The largest absolute Gasteiger partial charge is 0.483 e. The Balaban J connectivity index is 1.69. The van der Waals surface area contributed by atoms with Gasteiger partial charge in [-0.1, -0.05) is 12.1 Å². The van der Waals surface area contributed by atoms with Crippen LogP contribution in [0.1, 0.15) is 0 Å². The number of β-amino-alcohol motifs (C(OH)–C–C–N with tert-alkyl or cyclic N) is 1. The highest BCUT2D eigenvalue weighted by Crippen LogP contribution is 2.34. The molecule has 0 radical (unpaired) electrons. The lowest BCUT2D eigenvalue weighted by Crippen LogP contribution is -2.55. The van der Waals surface area contributed by atoms with E-state index in [2.05, 4.69) is 4.90 Å². The zero-order valence-electron chi connectivity index (χ0n) is 10.2. The van der Waals surface area contributed by atoms with E-state index in [1.165, 1.54) is 0 Å². The topological polar surface area (TPSA) is 51.2 Å². The van der Waals surface area contributed by atoms with Crippen LogP contribution in [0, 0.1) is 0 Å². The predicted octanol–water partition coefficient (Wildman–Crippen LogP) is 0.479. The summed E-state index contributed by atoms with van der Waals surface area (Å²) in [5.41, 5.74) is 0. The van der Waals surface area contributed by atoms with E-state index in [4.69, 9.17) is 14.2 Å². The van der Waals surface area contributed by atoms with Crippen LogP contribution < -0.4 is 9.47 Å². The van der Waals surface area contributed by atoms with Gasteiger partial charge in [0.05, 0.1) is 19.8 Å². The van der Waals surface area contributed by atoms with E-state index in [0.717, 1.165) is 13.1 Å². The highest BCUT2D eigenvalue weighted by Gasteiger charge is 2.37. The minimum atomic E-state index is -1.27. The lowest BCUT2D eigenvalue weighted by atomic mass is 10.2. The maximum absolute atomic E-state index is 10.4. The third-order valence-corrected chi connectivity index (χ3v) is 3.18. The van der Waals surface area contributed by atoms with Gasteiger partial charge in [0.2, 0.25) is 0 Å². The predicted molar refractivity (Wildman–Crippen MR) is 64.8 cm³/mol. The summed E-state index contributed by atoms with van der Waals surface area (Å²) in [6.07, 6.45) is 0. The molecule has 2 aliphatic heterocycles. The SMILES string of the molecule is OC1(CN2CCOCC2)COc2ccccc2O1. The molecule has 0 bridgehead atoms. The van der Waals surface area contributed by atoms with Crippen LogP contribution in [-0.4, -0.2) is 55.2 Å². The van der Waals surface area contributed by atoms with Gasteiger partial charge in [-0.2, -0.15) is 0 Å². The van der Waals surface area contributed by atoms with Crippen molar-refractivity contribution in [2.75, 3.05) is 39.5 Å². The van der Waals surface area contributed by atoms with Gasteiger partial charge in [-0.3, -0.25) is 4.90 Å². The van der Waals surface area contributed by atoms with Gasteiger partial charge in [0, 0.05) is 13.1 Å². The molecule has 1 atom stereocenters. The normalized spacial score (nSPS) is 28.1. The van der Waals surface area contributed by atoms with Crippen LogP contribution >= 0.6 is 0 Å². The molecule has 3 rings (SSSR count). The second-order valence-electron chi connectivity index (χ2n) is 4.67. The third-order valence-electron chi connectivity index (χ3n) is 3.18. The summed E-state index contributed by atoms with van der Waals surface area (Å²) in [5.74, 6) is 0.00904. The first-order valence-corrected chi connectivity index (χ1v) is 6.19. The van der Waals surface area contributed by atoms with Gasteiger partial charge in [0.25, 0.3) is 5.79 Å². The molecule has 1 N–H and O–H groups in total. The van der Waals surface area contributed by atoms with Gasteiger partial charge in [0.15, 0.2) is 18.1 Å². The number of benzene rings is 1. The molecule has 2 aliphatic rings. The molecule has 0 aromatic heterocycles. The van der Waals surface area contributed by atoms with Crippen molar-refractivity contribution in [1.29, 1.82) is 0 Å². The zero-order valence-corrected chi connectivity index (χ0v) is 10.2. The van der Waals surface area contributed by atoms with Gasteiger partial charge in [-0.05, 0) is 12.1 Å². The summed E-state index contributed by atoms with van der Waals surface area (Å²) < 4.78 is 16.5. The second-order valence-corrected chi connectivity index (χ2v) is 4.67. The molecule has 1 fully saturated rings. The molecular weight excluding hydrogens is 234 g/mol. The summed E-state index contributed by atoms with van der Waals surface area (Å²) in [4.78, 5) is 2.13. The molecule has 0 aliphatic carbocycles. The van der Waals surface area contributed by atoms with Crippen LogP contribution in [0.3, 0.4) is 0 Å². The van der Waals surface area contributed by atoms with Crippen molar-refractivity contribution in [3.05, 3.63) is 24.3 Å². The minimum Gasteiger partial charge on any atom is -0.483 e. The van der Waals surface area contributed by atoms with Gasteiger partial charge in [-0.25, -0.2) is 0 Å². The number of aliphatic hydroxyl groups is 1. The Morgan fingerprint density at radius 2 is 1.89 bits per heavy atom. The average Bonchev–Trinajstić information content (AvgIpc) is 2.39. The number of ether oxygens (including phenoxy) is 3. The smallest absolute Gasteiger partial charge is 0.255 e. The van der Waals surface area contributed by atoms with Gasteiger partial charge >= 0.3 is 0 Å². The quantitative estimate of drug-likeness (QED) is 0.828. The number of nitrogens with zero attached hydrogens (tertiary/aromatic N) is 1. The second kappa shape index (κ2) is 4.76. The molecule has 5 heteroatoms. The third kappa shape index (κ3) is 2.43. The van der Waals surface area contributed by atoms with Crippen molar-refractivity contribution in [2.45, 2.75) is 5.79 Å². The summed E-state index contributed by atoms with van der Waals surface area (Å²) in [5, 5.41) is 10.4. The lowest BCUT2D eigenvalue weighted by molar-refractivity contribution is -0.190. The summed E-state index contributed by atoms with van der Waals surface area (Å²) >= 11 is 0. The first kappa shape index (κ1) is 11.8.